The molecule has 0 amide bonds. The van der Waals surface area contributed by atoms with E-state index < -0.39 is 0 Å². The number of hydrogen-bond acceptors (Lipinski definition) is 1. The number of fused-ring (bicyclic) bond motifs is 12. The average Bonchev–Trinajstić information content (AvgIpc) is 3.76. The number of rotatable bonds is 4. The predicted molar refractivity (Wildman–Crippen MR) is 237 cm³/mol. The van der Waals surface area contributed by atoms with E-state index in [2.05, 4.69) is 212 Å². The van der Waals surface area contributed by atoms with Gasteiger partial charge >= 0.3 is 0 Å². The fraction of sp³-hybridized carbons (Fsp3) is 0.0179. The van der Waals surface area contributed by atoms with Gasteiger partial charge in [-0.2, -0.15) is 0 Å². The Bertz CT molecular complexity index is 3110. The molecular weight excluding hydrogens is 687 g/mol. The molecule has 1 nitrogen and oxygen atoms in total. The molecule has 10 aromatic rings. The topological polar surface area (TPSA) is 12.9 Å². The van der Waals surface area contributed by atoms with E-state index in [0.29, 0.717) is 0 Å². The van der Waals surface area contributed by atoms with Crippen molar-refractivity contribution in [3.05, 3.63) is 235 Å². The normalized spacial score (nSPS) is 13.1. The minimum absolute atomic E-state index is 0.371. The Morgan fingerprint density at radius 3 is 1.30 bits per heavy atom. The van der Waals surface area contributed by atoms with Crippen molar-refractivity contribution in [3.63, 3.8) is 0 Å². The lowest BCUT2D eigenvalue weighted by Crippen LogP contribution is -2.25. The number of benzene rings is 9. The van der Waals surface area contributed by atoms with E-state index >= 15 is 0 Å². The van der Waals surface area contributed by atoms with Gasteiger partial charge in [-0.25, -0.2) is 0 Å². The van der Waals surface area contributed by atoms with Crippen LogP contribution >= 0.6 is 0 Å². The summed E-state index contributed by atoms with van der Waals surface area (Å²) in [7, 11) is 0. The fourth-order valence-corrected chi connectivity index (χ4v) is 10.3. The molecule has 9 aromatic carbocycles. The highest BCUT2D eigenvalue weighted by Gasteiger charge is 2.51. The summed E-state index contributed by atoms with van der Waals surface area (Å²) in [5.74, 6) is 0. The predicted octanol–water partition coefficient (Wildman–Crippen LogP) is 14.4. The minimum atomic E-state index is -0.371. The van der Waals surface area contributed by atoms with Crippen LogP contribution in [0.1, 0.15) is 22.3 Å². The van der Waals surface area contributed by atoms with Crippen LogP contribution in [-0.2, 0) is 5.41 Å². The summed E-state index contributed by atoms with van der Waals surface area (Å²) in [5.41, 5.74) is 19.6. The smallest absolute Gasteiger partial charge is 0.0725 e. The van der Waals surface area contributed by atoms with Crippen LogP contribution < -0.4 is 0 Å². The summed E-state index contributed by atoms with van der Waals surface area (Å²) in [6.07, 6.45) is 2.09. The number of pyridine rings is 1. The van der Waals surface area contributed by atoms with Crippen LogP contribution in [0.15, 0.2) is 212 Å². The average molecular weight is 722 g/mol. The molecule has 0 bridgehead atoms. The maximum Gasteiger partial charge on any atom is 0.0725 e. The molecular formula is C56H35N. The molecule has 0 atom stereocenters. The molecule has 0 N–H and O–H groups in total. The van der Waals surface area contributed by atoms with Crippen LogP contribution in [0.3, 0.4) is 0 Å². The van der Waals surface area contributed by atoms with Crippen LogP contribution in [0.25, 0.3) is 88.4 Å². The highest BCUT2D eigenvalue weighted by molar-refractivity contribution is 6.21. The van der Waals surface area contributed by atoms with Crippen molar-refractivity contribution in [1.29, 1.82) is 0 Å². The Balaban J connectivity index is 1.02. The molecule has 1 heterocycles. The first-order valence-corrected chi connectivity index (χ1v) is 19.8. The Morgan fingerprint density at radius 2 is 0.702 bits per heavy atom. The molecule has 0 saturated carbocycles. The van der Waals surface area contributed by atoms with Gasteiger partial charge < -0.3 is 0 Å². The molecule has 0 fully saturated rings. The summed E-state index contributed by atoms with van der Waals surface area (Å²) in [6, 6.07) is 75.7. The third kappa shape index (κ3) is 4.48. The van der Waals surface area contributed by atoms with Crippen molar-refractivity contribution < 1.29 is 0 Å². The van der Waals surface area contributed by atoms with Crippen molar-refractivity contribution in [2.75, 3.05) is 0 Å². The van der Waals surface area contributed by atoms with E-state index in [9.17, 15) is 0 Å². The van der Waals surface area contributed by atoms with Crippen molar-refractivity contribution in [2.45, 2.75) is 5.41 Å². The van der Waals surface area contributed by atoms with Gasteiger partial charge in [-0.15, -0.1) is 0 Å². The highest BCUT2D eigenvalue weighted by Crippen LogP contribution is 2.64. The van der Waals surface area contributed by atoms with Crippen LogP contribution in [0, 0.1) is 0 Å². The summed E-state index contributed by atoms with van der Waals surface area (Å²) in [4.78, 5) is 5.32. The van der Waals surface area contributed by atoms with E-state index in [1.807, 2.05) is 0 Å². The lowest BCUT2D eigenvalue weighted by Gasteiger charge is -2.30. The molecule has 264 valence electrons. The summed E-state index contributed by atoms with van der Waals surface area (Å²) in [5, 5.41) is 4.86. The summed E-state index contributed by atoms with van der Waals surface area (Å²) < 4.78 is 0. The Kier molecular flexibility index (Phi) is 6.91. The highest BCUT2D eigenvalue weighted by atomic mass is 14.7. The van der Waals surface area contributed by atoms with Crippen molar-refractivity contribution in [3.8, 4) is 66.9 Å². The van der Waals surface area contributed by atoms with Crippen molar-refractivity contribution in [1.82, 2.24) is 4.98 Å². The first-order valence-electron chi connectivity index (χ1n) is 19.8. The maximum atomic E-state index is 5.32. The van der Waals surface area contributed by atoms with Crippen molar-refractivity contribution >= 4 is 21.5 Å². The van der Waals surface area contributed by atoms with Gasteiger partial charge in [0.25, 0.3) is 0 Å². The van der Waals surface area contributed by atoms with Gasteiger partial charge in [-0.3, -0.25) is 4.98 Å². The molecule has 2 aliphatic carbocycles. The summed E-state index contributed by atoms with van der Waals surface area (Å²) in [6.45, 7) is 0. The van der Waals surface area contributed by atoms with E-state index in [1.165, 1.54) is 99.4 Å². The third-order valence-corrected chi connectivity index (χ3v) is 12.6. The molecule has 1 heteroatoms. The van der Waals surface area contributed by atoms with Gasteiger partial charge in [0, 0.05) is 17.3 Å². The van der Waals surface area contributed by atoms with E-state index in [4.69, 9.17) is 4.98 Å². The third-order valence-electron chi connectivity index (χ3n) is 12.6. The molecule has 0 radical (unpaired) electrons. The van der Waals surface area contributed by atoms with Gasteiger partial charge in [-0.05, 0) is 99.9 Å². The first kappa shape index (κ1) is 31.9. The zero-order valence-electron chi connectivity index (χ0n) is 31.2. The van der Waals surface area contributed by atoms with Crippen LogP contribution in [0.4, 0.5) is 0 Å². The summed E-state index contributed by atoms with van der Waals surface area (Å²) >= 11 is 0. The molecule has 0 saturated heterocycles. The standard InChI is InChI=1S/C56H35N/c1-2-15-36(16-3-1)37-29-31-38(32-30-37)53-43-19-4-6-21-45(43)55(46-22-7-5-20-44(46)53)52-34-33-39(35-57-52)40-24-14-28-51-54(40)47-23-10-13-27-50(47)56(51)48-25-11-8-17-41(48)42-18-9-12-26-49(42)56/h1-35H. The first-order chi connectivity index (χ1) is 28.3. The number of nitrogens with zero attached hydrogens (tertiary/aromatic N) is 1. The second kappa shape index (κ2) is 12.3. The van der Waals surface area contributed by atoms with Crippen LogP contribution in [-0.4, -0.2) is 4.98 Å². The Hall–Kier alpha value is -7.35. The minimum Gasteiger partial charge on any atom is -0.256 e. The SMILES string of the molecule is c1ccc(-c2ccc(-c3c4ccccc4c(-c4ccc(-c5cccc6c5-c5ccccc5C65c6ccccc6-c6ccccc65)cn4)c4ccccc34)cc2)cc1. The quantitative estimate of drug-likeness (QED) is 0.165. The van der Waals surface area contributed by atoms with Gasteiger partial charge in [0.1, 0.15) is 0 Å². The zero-order valence-corrected chi connectivity index (χ0v) is 31.2. The molecule has 2 aliphatic rings. The second-order valence-electron chi connectivity index (χ2n) is 15.3. The van der Waals surface area contributed by atoms with E-state index in [-0.39, 0.29) is 5.41 Å². The van der Waals surface area contributed by atoms with Gasteiger partial charge in [0.05, 0.1) is 11.1 Å². The molecule has 1 spiro atoms. The fourth-order valence-electron chi connectivity index (χ4n) is 10.3. The lowest BCUT2D eigenvalue weighted by atomic mass is 9.70. The molecule has 12 rings (SSSR count). The molecule has 0 unspecified atom stereocenters. The van der Waals surface area contributed by atoms with Crippen LogP contribution in [0.5, 0.6) is 0 Å². The van der Waals surface area contributed by atoms with Crippen molar-refractivity contribution in [2.24, 2.45) is 0 Å². The van der Waals surface area contributed by atoms with E-state index in [1.54, 1.807) is 0 Å². The molecule has 57 heavy (non-hydrogen) atoms. The molecule has 0 aliphatic heterocycles. The monoisotopic (exact) mass is 721 g/mol. The largest absolute Gasteiger partial charge is 0.256 e. The number of hydrogen-bond donors (Lipinski definition) is 0. The maximum absolute atomic E-state index is 5.32. The lowest BCUT2D eigenvalue weighted by molar-refractivity contribution is 0.794. The Labute approximate surface area is 332 Å². The van der Waals surface area contributed by atoms with Crippen LogP contribution in [0.2, 0.25) is 0 Å². The zero-order chi connectivity index (χ0) is 37.5. The van der Waals surface area contributed by atoms with Gasteiger partial charge in [0.15, 0.2) is 0 Å². The Morgan fingerprint density at radius 1 is 0.263 bits per heavy atom. The van der Waals surface area contributed by atoms with E-state index in [0.717, 1.165) is 11.3 Å². The van der Waals surface area contributed by atoms with Gasteiger partial charge in [-0.1, -0.05) is 200 Å². The molecule has 1 aromatic heterocycles. The second-order valence-corrected chi connectivity index (χ2v) is 15.3. The van der Waals surface area contributed by atoms with Gasteiger partial charge in [0.2, 0.25) is 0 Å². The number of aromatic nitrogens is 1.